The zero-order valence-electron chi connectivity index (χ0n) is 21.6. The summed E-state index contributed by atoms with van der Waals surface area (Å²) in [6.45, 7) is 10.9. The third kappa shape index (κ3) is 4.75. The van der Waals surface area contributed by atoms with Crippen molar-refractivity contribution in [3.63, 3.8) is 0 Å². The Balaban J connectivity index is 1.46. The molecule has 3 aliphatic rings. The number of nitrogens with zero attached hydrogens (tertiary/aromatic N) is 1. The summed E-state index contributed by atoms with van der Waals surface area (Å²) in [5, 5.41) is 1.65. The lowest BCUT2D eigenvalue weighted by atomic mass is 9.50. The summed E-state index contributed by atoms with van der Waals surface area (Å²) >= 11 is 0. The molecule has 0 amide bonds. The van der Waals surface area contributed by atoms with Crippen molar-refractivity contribution in [1.82, 2.24) is 0 Å². The van der Waals surface area contributed by atoms with Crippen molar-refractivity contribution >= 4 is 11.4 Å². The van der Waals surface area contributed by atoms with E-state index in [1.165, 1.54) is 75.5 Å². The van der Waals surface area contributed by atoms with Gasteiger partial charge in [0.2, 0.25) is 0 Å². The molecule has 190 valence electrons. The predicted molar refractivity (Wildman–Crippen MR) is 140 cm³/mol. The molecule has 3 aliphatic carbocycles. The van der Waals surface area contributed by atoms with Crippen molar-refractivity contribution < 1.29 is 9.13 Å². The van der Waals surface area contributed by atoms with Gasteiger partial charge >= 0.3 is 0 Å². The maximum absolute atomic E-state index is 13.5. The molecule has 0 bridgehead atoms. The second kappa shape index (κ2) is 10.6. The first-order valence-corrected chi connectivity index (χ1v) is 13.5. The number of hydrogen-bond donors (Lipinski definition) is 2. The molecule has 0 heterocycles. The lowest BCUT2D eigenvalue weighted by Gasteiger charge is -2.55. The average molecular weight is 472 g/mol. The van der Waals surface area contributed by atoms with E-state index in [4.69, 9.17) is 16.3 Å². The number of nitrogens with two attached hydrogens (primary N) is 2. The molecule has 4 nitrogen and oxygen atoms in total. The summed E-state index contributed by atoms with van der Waals surface area (Å²) < 4.78 is 18.9. The van der Waals surface area contributed by atoms with Gasteiger partial charge in [0.1, 0.15) is 5.82 Å². The maximum Gasteiger partial charge on any atom is 0.125 e. The van der Waals surface area contributed by atoms with Crippen molar-refractivity contribution in [2.24, 2.45) is 46.8 Å². The van der Waals surface area contributed by atoms with Crippen LogP contribution in [0.4, 0.5) is 15.8 Å². The first-order chi connectivity index (χ1) is 16.3. The molecule has 3 fully saturated rings. The normalized spacial score (nSPS) is 35.0. The van der Waals surface area contributed by atoms with E-state index < -0.39 is 0 Å². The Morgan fingerprint density at radius 1 is 1.18 bits per heavy atom. The van der Waals surface area contributed by atoms with Crippen LogP contribution in [0.2, 0.25) is 0 Å². The molecule has 7 unspecified atom stereocenters. The Labute approximate surface area is 206 Å². The minimum absolute atomic E-state index is 0.309. The molecule has 7 atom stereocenters. The molecule has 4 rings (SSSR count). The third-order valence-electron chi connectivity index (χ3n) is 10.00. The third-order valence-corrected chi connectivity index (χ3v) is 10.00. The van der Waals surface area contributed by atoms with Crippen LogP contribution < -0.4 is 16.6 Å². The first-order valence-electron chi connectivity index (χ1n) is 13.5. The second-order valence-electron chi connectivity index (χ2n) is 11.7. The SMILES string of the molecule is C=C(CN(N)c1ccc(F)cc1N)C1CCC2C3CCC(CCOC)C(CCC)C3CCC12C. The van der Waals surface area contributed by atoms with Crippen LogP contribution in [0, 0.1) is 46.7 Å². The van der Waals surface area contributed by atoms with Crippen molar-refractivity contribution in [2.45, 2.75) is 71.6 Å². The monoisotopic (exact) mass is 471 g/mol. The predicted octanol–water partition coefficient (Wildman–Crippen LogP) is 6.57. The van der Waals surface area contributed by atoms with Gasteiger partial charge in [-0.25, -0.2) is 10.2 Å². The van der Waals surface area contributed by atoms with Gasteiger partial charge in [-0.2, -0.15) is 0 Å². The number of anilines is 2. The number of hydrazine groups is 1. The van der Waals surface area contributed by atoms with E-state index in [1.807, 2.05) is 7.11 Å². The Bertz CT molecular complexity index is 860. The number of benzene rings is 1. The van der Waals surface area contributed by atoms with Crippen molar-refractivity contribution in [2.75, 3.05) is 31.0 Å². The second-order valence-corrected chi connectivity index (χ2v) is 11.7. The largest absolute Gasteiger partial charge is 0.397 e. The smallest absolute Gasteiger partial charge is 0.125 e. The molecule has 34 heavy (non-hydrogen) atoms. The molecule has 3 saturated carbocycles. The fourth-order valence-electron chi connectivity index (χ4n) is 8.52. The molecule has 0 radical (unpaired) electrons. The maximum atomic E-state index is 13.5. The number of fused-ring (bicyclic) bond motifs is 3. The molecule has 0 aromatic heterocycles. The van der Waals surface area contributed by atoms with Gasteiger partial charge in [-0.15, -0.1) is 0 Å². The Kier molecular flexibility index (Phi) is 7.93. The van der Waals surface area contributed by atoms with Gasteiger partial charge in [0.15, 0.2) is 0 Å². The van der Waals surface area contributed by atoms with Crippen LogP contribution in [0.15, 0.2) is 30.4 Å². The molecule has 4 N–H and O–H groups in total. The Hall–Kier alpha value is -1.59. The van der Waals surface area contributed by atoms with Crippen LogP contribution in [-0.4, -0.2) is 20.3 Å². The molecule has 0 spiro atoms. The van der Waals surface area contributed by atoms with Crippen LogP contribution in [0.5, 0.6) is 0 Å². The molecular formula is C29H46FN3O. The summed E-state index contributed by atoms with van der Waals surface area (Å²) in [5.41, 5.74) is 8.59. The molecule has 5 heteroatoms. The lowest BCUT2D eigenvalue weighted by Crippen LogP contribution is -2.48. The number of methoxy groups -OCH3 is 1. The van der Waals surface area contributed by atoms with E-state index >= 15 is 0 Å². The fourth-order valence-corrected chi connectivity index (χ4v) is 8.52. The highest BCUT2D eigenvalue weighted by atomic mass is 19.1. The van der Waals surface area contributed by atoms with Crippen LogP contribution in [0.1, 0.15) is 71.6 Å². The summed E-state index contributed by atoms with van der Waals surface area (Å²) in [5.74, 6) is 10.8. The number of ether oxygens (including phenoxy) is 1. The van der Waals surface area contributed by atoms with Crippen molar-refractivity contribution in [3.8, 4) is 0 Å². The summed E-state index contributed by atoms with van der Waals surface area (Å²) in [6.07, 6.45) is 11.8. The molecule has 1 aromatic rings. The van der Waals surface area contributed by atoms with Crippen molar-refractivity contribution in [3.05, 3.63) is 36.2 Å². The van der Waals surface area contributed by atoms with E-state index in [2.05, 4.69) is 20.4 Å². The zero-order chi connectivity index (χ0) is 24.5. The van der Waals surface area contributed by atoms with Crippen LogP contribution in [0.25, 0.3) is 0 Å². The average Bonchev–Trinajstić information content (AvgIpc) is 3.16. The standard InChI is InChI=1S/C29H46FN3O/c1-5-6-22-20(14-16-34-4)7-9-24-23(22)13-15-29(3)25(10-11-26(24)29)19(2)18-33(32)28-12-8-21(30)17-27(28)31/h8,12,17,20,22-26H,2,5-7,9-11,13-16,18,31-32H2,1,3-4H3. The summed E-state index contributed by atoms with van der Waals surface area (Å²) in [4.78, 5) is 0. The highest BCUT2D eigenvalue weighted by Gasteiger charge is 2.56. The topological polar surface area (TPSA) is 64.5 Å². The molecular weight excluding hydrogens is 425 g/mol. The summed E-state index contributed by atoms with van der Waals surface area (Å²) in [6, 6.07) is 4.41. The first kappa shape index (κ1) is 25.5. The number of nitrogen functional groups attached to an aromatic ring is 1. The van der Waals surface area contributed by atoms with Gasteiger partial charge in [-0.05, 0) is 104 Å². The van der Waals surface area contributed by atoms with Gasteiger partial charge in [-0.3, -0.25) is 0 Å². The fraction of sp³-hybridized carbons (Fsp3) is 0.724. The van der Waals surface area contributed by atoms with Crippen LogP contribution >= 0.6 is 0 Å². The minimum Gasteiger partial charge on any atom is -0.397 e. The van der Waals surface area contributed by atoms with Gasteiger partial charge in [0.25, 0.3) is 0 Å². The van der Waals surface area contributed by atoms with Crippen LogP contribution in [0.3, 0.4) is 0 Å². The van der Waals surface area contributed by atoms with E-state index in [-0.39, 0.29) is 5.82 Å². The number of rotatable bonds is 9. The van der Waals surface area contributed by atoms with Gasteiger partial charge in [0.05, 0.1) is 17.9 Å². The molecule has 1 aromatic carbocycles. The minimum atomic E-state index is -0.338. The quantitative estimate of drug-likeness (QED) is 0.185. The van der Waals surface area contributed by atoms with Gasteiger partial charge in [-0.1, -0.05) is 38.8 Å². The molecule has 0 aliphatic heterocycles. The number of hydrogen-bond acceptors (Lipinski definition) is 4. The van der Waals surface area contributed by atoms with Gasteiger partial charge in [0, 0.05) is 13.7 Å². The highest BCUT2D eigenvalue weighted by molar-refractivity contribution is 5.67. The zero-order valence-corrected chi connectivity index (χ0v) is 21.6. The van der Waals surface area contributed by atoms with E-state index in [1.54, 1.807) is 11.1 Å². The van der Waals surface area contributed by atoms with Crippen LogP contribution in [-0.2, 0) is 4.74 Å². The Morgan fingerprint density at radius 3 is 2.68 bits per heavy atom. The molecule has 0 saturated heterocycles. The van der Waals surface area contributed by atoms with E-state index in [0.717, 1.165) is 36.2 Å². The lowest BCUT2D eigenvalue weighted by molar-refractivity contribution is -0.0541. The van der Waals surface area contributed by atoms with Gasteiger partial charge < -0.3 is 15.5 Å². The van der Waals surface area contributed by atoms with E-state index in [9.17, 15) is 4.39 Å². The number of halogens is 1. The Morgan fingerprint density at radius 2 is 1.97 bits per heavy atom. The van der Waals surface area contributed by atoms with E-state index in [0.29, 0.717) is 29.3 Å². The van der Waals surface area contributed by atoms with Crippen molar-refractivity contribution in [1.29, 1.82) is 0 Å². The summed E-state index contributed by atoms with van der Waals surface area (Å²) in [7, 11) is 1.84. The highest BCUT2D eigenvalue weighted by Crippen LogP contribution is 2.64.